The average molecular weight is 235 g/mol. The summed E-state index contributed by atoms with van der Waals surface area (Å²) in [7, 11) is 0. The summed E-state index contributed by atoms with van der Waals surface area (Å²) < 4.78 is 0. The van der Waals surface area contributed by atoms with Gasteiger partial charge in [0.1, 0.15) is 0 Å². The number of allylic oxidation sites excluding steroid dienone is 2. The molecule has 0 nitrogen and oxygen atoms in total. The van der Waals surface area contributed by atoms with Crippen LogP contribution in [0.5, 0.6) is 0 Å². The molecule has 0 bridgehead atoms. The van der Waals surface area contributed by atoms with Crippen molar-refractivity contribution >= 4 is 23.1 Å². The third-order valence-electron chi connectivity index (χ3n) is 1.63. The van der Waals surface area contributed by atoms with E-state index < -0.39 is 0 Å². The molecule has 0 radical (unpaired) electrons. The van der Waals surface area contributed by atoms with E-state index in [1.54, 1.807) is 0 Å². The first-order valence-corrected chi connectivity index (χ1v) is 4.56. The van der Waals surface area contributed by atoms with Crippen LogP contribution in [0.25, 0.3) is 0 Å². The summed E-state index contributed by atoms with van der Waals surface area (Å²) in [6, 6.07) is 0. The van der Waals surface area contributed by atoms with Crippen molar-refractivity contribution in [2.75, 3.05) is 0 Å². The zero-order chi connectivity index (χ0) is 7.66. The monoisotopic (exact) mass is 234 g/mol. The summed E-state index contributed by atoms with van der Waals surface area (Å²) >= 11 is 0. The van der Waals surface area contributed by atoms with Crippen molar-refractivity contribution in [2.45, 2.75) is 52.4 Å². The van der Waals surface area contributed by atoms with Crippen LogP contribution in [-0.2, 0) is 0 Å². The first kappa shape index (κ1) is 23.7. The molecule has 0 amide bonds. The Kier molecular flexibility index (Phi) is 42.2. The van der Waals surface area contributed by atoms with Crippen LogP contribution in [0.1, 0.15) is 52.4 Å². The molecule has 13 heavy (non-hydrogen) atoms. The standard InChI is InChI=1S/C10H20.2ClH.Mg/c1-3-5-7-9-10-8-6-4-2;;;/h5,7H,3-4,6,8-10H2,1-2H3;2*1H;/q;;;+2/p-2/b7-5-;;;. The molecule has 0 unspecified atom stereocenters. The minimum absolute atomic E-state index is 0. The molecular formula is C10H20Cl2Mg. The minimum atomic E-state index is 0. The van der Waals surface area contributed by atoms with Gasteiger partial charge in [-0.05, 0) is 19.3 Å². The first-order chi connectivity index (χ1) is 4.91. The molecule has 0 spiro atoms. The van der Waals surface area contributed by atoms with E-state index in [1.807, 2.05) is 0 Å². The van der Waals surface area contributed by atoms with Crippen molar-refractivity contribution in [2.24, 2.45) is 0 Å². The summed E-state index contributed by atoms with van der Waals surface area (Å²) in [5.74, 6) is 0. The predicted octanol–water partition coefficient (Wildman–Crippen LogP) is -2.45. The average Bonchev–Trinajstić information content (AvgIpc) is 1.97. The molecule has 76 valence electrons. The Morgan fingerprint density at radius 1 is 0.846 bits per heavy atom. The fourth-order valence-corrected chi connectivity index (χ4v) is 0.973. The first-order valence-electron chi connectivity index (χ1n) is 4.56. The van der Waals surface area contributed by atoms with Crippen LogP contribution >= 0.6 is 0 Å². The maximum Gasteiger partial charge on any atom is 2.00 e. The molecule has 0 fully saturated rings. The number of hydrogen-bond donors (Lipinski definition) is 0. The fourth-order valence-electron chi connectivity index (χ4n) is 0.973. The van der Waals surface area contributed by atoms with Crippen molar-refractivity contribution in [1.29, 1.82) is 0 Å². The largest absolute Gasteiger partial charge is 2.00 e. The van der Waals surface area contributed by atoms with Gasteiger partial charge in [-0.15, -0.1) is 0 Å². The topological polar surface area (TPSA) is 0 Å². The molecule has 0 rings (SSSR count). The summed E-state index contributed by atoms with van der Waals surface area (Å²) in [5.41, 5.74) is 0. The van der Waals surface area contributed by atoms with Crippen molar-refractivity contribution in [1.82, 2.24) is 0 Å². The maximum atomic E-state index is 2.30. The van der Waals surface area contributed by atoms with E-state index in [9.17, 15) is 0 Å². The third-order valence-corrected chi connectivity index (χ3v) is 1.63. The Balaban J connectivity index is -0.000000135. The van der Waals surface area contributed by atoms with Crippen molar-refractivity contribution in [3.63, 3.8) is 0 Å². The molecule has 0 saturated carbocycles. The third kappa shape index (κ3) is 24.6. The SMILES string of the molecule is CC/C=C\CCCCCC.[Cl-].[Cl-].[Mg+2]. The van der Waals surface area contributed by atoms with E-state index in [2.05, 4.69) is 26.0 Å². The zero-order valence-corrected chi connectivity index (χ0v) is 11.8. The number of hydrogen-bond acceptors (Lipinski definition) is 0. The van der Waals surface area contributed by atoms with E-state index in [-0.39, 0.29) is 47.9 Å². The van der Waals surface area contributed by atoms with Gasteiger partial charge in [-0.25, -0.2) is 0 Å². The molecule has 3 heteroatoms. The van der Waals surface area contributed by atoms with E-state index >= 15 is 0 Å². The van der Waals surface area contributed by atoms with Gasteiger partial charge < -0.3 is 24.8 Å². The molecule has 0 heterocycles. The molecule has 0 aliphatic carbocycles. The smallest absolute Gasteiger partial charge is 1.00 e. The van der Waals surface area contributed by atoms with Crippen molar-refractivity contribution in [3.05, 3.63) is 12.2 Å². The summed E-state index contributed by atoms with van der Waals surface area (Å²) in [5, 5.41) is 0. The summed E-state index contributed by atoms with van der Waals surface area (Å²) in [6.07, 6.45) is 12.6. The van der Waals surface area contributed by atoms with Crippen molar-refractivity contribution < 1.29 is 24.8 Å². The molecule has 0 aromatic heterocycles. The second-order valence-electron chi connectivity index (χ2n) is 2.73. The van der Waals surface area contributed by atoms with Crippen molar-refractivity contribution in [3.8, 4) is 0 Å². The Morgan fingerprint density at radius 2 is 1.46 bits per heavy atom. The van der Waals surface area contributed by atoms with Gasteiger partial charge in [-0.3, -0.25) is 0 Å². The molecule has 0 aromatic carbocycles. The maximum absolute atomic E-state index is 2.30. The Labute approximate surface area is 112 Å². The van der Waals surface area contributed by atoms with E-state index in [1.165, 1.54) is 38.5 Å². The molecule has 0 saturated heterocycles. The van der Waals surface area contributed by atoms with Gasteiger partial charge in [0.2, 0.25) is 0 Å². The predicted molar refractivity (Wildman–Crippen MR) is 53.9 cm³/mol. The van der Waals surface area contributed by atoms with E-state index in [0.29, 0.717) is 0 Å². The molecule has 0 N–H and O–H groups in total. The van der Waals surface area contributed by atoms with Gasteiger partial charge >= 0.3 is 23.1 Å². The Bertz CT molecular complexity index is 85.0. The molecule has 0 atom stereocenters. The van der Waals surface area contributed by atoms with E-state index in [4.69, 9.17) is 0 Å². The number of unbranched alkanes of at least 4 members (excludes halogenated alkanes) is 4. The minimum Gasteiger partial charge on any atom is -1.00 e. The second kappa shape index (κ2) is 23.2. The Morgan fingerprint density at radius 3 is 1.92 bits per heavy atom. The van der Waals surface area contributed by atoms with Gasteiger partial charge in [0.25, 0.3) is 0 Å². The van der Waals surface area contributed by atoms with E-state index in [0.717, 1.165) is 0 Å². The molecule has 0 aromatic rings. The van der Waals surface area contributed by atoms with Crippen LogP contribution < -0.4 is 24.8 Å². The summed E-state index contributed by atoms with van der Waals surface area (Å²) in [6.45, 7) is 4.43. The molecular weight excluding hydrogens is 215 g/mol. The number of halogens is 2. The van der Waals surface area contributed by atoms with Gasteiger partial charge in [0.05, 0.1) is 0 Å². The van der Waals surface area contributed by atoms with Crippen LogP contribution in [-0.4, -0.2) is 23.1 Å². The zero-order valence-electron chi connectivity index (χ0n) is 8.86. The molecule has 0 aliphatic heterocycles. The van der Waals surface area contributed by atoms with Crippen LogP contribution in [0.3, 0.4) is 0 Å². The fraction of sp³-hybridized carbons (Fsp3) is 0.800. The molecule has 0 aliphatic rings. The van der Waals surface area contributed by atoms with Gasteiger partial charge in [-0.1, -0.05) is 45.3 Å². The van der Waals surface area contributed by atoms with Gasteiger partial charge in [-0.2, -0.15) is 0 Å². The second-order valence-corrected chi connectivity index (χ2v) is 2.73. The van der Waals surface area contributed by atoms with Gasteiger partial charge in [0.15, 0.2) is 0 Å². The van der Waals surface area contributed by atoms with Crippen LogP contribution in [0, 0.1) is 0 Å². The number of rotatable bonds is 6. The van der Waals surface area contributed by atoms with Gasteiger partial charge in [0, 0.05) is 0 Å². The van der Waals surface area contributed by atoms with Crippen LogP contribution in [0.2, 0.25) is 0 Å². The quantitative estimate of drug-likeness (QED) is 0.272. The van der Waals surface area contributed by atoms with Crippen LogP contribution in [0.15, 0.2) is 12.2 Å². The summed E-state index contributed by atoms with van der Waals surface area (Å²) in [4.78, 5) is 0. The van der Waals surface area contributed by atoms with Crippen LogP contribution in [0.4, 0.5) is 0 Å². The normalized spacial score (nSPS) is 8.46. The Hall–Kier alpha value is 1.09.